The van der Waals surface area contributed by atoms with Crippen LogP contribution in [0.25, 0.3) is 11.2 Å². The van der Waals surface area contributed by atoms with Crippen molar-refractivity contribution < 1.29 is 9.90 Å². The lowest BCUT2D eigenvalue weighted by Gasteiger charge is -2.26. The number of H-pyrrole nitrogens is 1. The van der Waals surface area contributed by atoms with Gasteiger partial charge >= 0.3 is 0 Å². The minimum Gasteiger partial charge on any atom is -0.395 e. The van der Waals surface area contributed by atoms with Crippen LogP contribution in [-0.4, -0.2) is 74.6 Å². The fourth-order valence-electron chi connectivity index (χ4n) is 2.80. The zero-order chi connectivity index (χ0) is 15.5. The Hall–Kier alpha value is -1.99. The lowest BCUT2D eigenvalue weighted by molar-refractivity contribution is 0.0748. The number of fused-ring (bicyclic) bond motifs is 1. The quantitative estimate of drug-likeness (QED) is 0.862. The van der Waals surface area contributed by atoms with Gasteiger partial charge < -0.3 is 15.0 Å². The standard InChI is InChI=1S/C15H21N5O2/c1-11(9-21)19-5-2-6-20(8-7-19)15(22)13-4-3-12-14(18-13)17-10-16-12/h3-4,10-11,21H,2,5-9H2,1H3,(H,16,17,18). The summed E-state index contributed by atoms with van der Waals surface area (Å²) in [6, 6.07) is 3.70. The topological polar surface area (TPSA) is 85.4 Å². The van der Waals surface area contributed by atoms with E-state index in [-0.39, 0.29) is 18.6 Å². The van der Waals surface area contributed by atoms with Crippen molar-refractivity contribution in [1.82, 2.24) is 24.8 Å². The number of pyridine rings is 1. The molecule has 1 unspecified atom stereocenters. The highest BCUT2D eigenvalue weighted by Gasteiger charge is 2.23. The molecule has 3 rings (SSSR count). The average molecular weight is 303 g/mol. The van der Waals surface area contributed by atoms with Gasteiger partial charge in [0.15, 0.2) is 5.65 Å². The summed E-state index contributed by atoms with van der Waals surface area (Å²) in [6.07, 6.45) is 2.48. The van der Waals surface area contributed by atoms with E-state index in [0.29, 0.717) is 24.4 Å². The number of carbonyl (C=O) groups excluding carboxylic acids is 1. The summed E-state index contributed by atoms with van der Waals surface area (Å²) >= 11 is 0. The van der Waals surface area contributed by atoms with Gasteiger partial charge in [-0.05, 0) is 25.5 Å². The van der Waals surface area contributed by atoms with Crippen LogP contribution in [0, 0.1) is 0 Å². The van der Waals surface area contributed by atoms with Gasteiger partial charge in [-0.2, -0.15) is 0 Å². The number of nitrogens with zero attached hydrogens (tertiary/aromatic N) is 4. The molecule has 0 aromatic carbocycles. The Balaban J connectivity index is 1.71. The number of nitrogens with one attached hydrogen (secondary N) is 1. The first-order valence-electron chi connectivity index (χ1n) is 7.63. The second kappa shape index (κ2) is 6.41. The van der Waals surface area contributed by atoms with Gasteiger partial charge in [-0.1, -0.05) is 0 Å². The van der Waals surface area contributed by atoms with E-state index in [0.717, 1.165) is 25.0 Å². The number of imidazole rings is 1. The van der Waals surface area contributed by atoms with Crippen molar-refractivity contribution >= 4 is 17.1 Å². The van der Waals surface area contributed by atoms with Crippen molar-refractivity contribution in [2.75, 3.05) is 32.8 Å². The Kier molecular flexibility index (Phi) is 4.35. The molecule has 0 radical (unpaired) electrons. The van der Waals surface area contributed by atoms with Gasteiger partial charge in [-0.15, -0.1) is 0 Å². The zero-order valence-electron chi connectivity index (χ0n) is 12.7. The van der Waals surface area contributed by atoms with E-state index in [4.69, 9.17) is 0 Å². The summed E-state index contributed by atoms with van der Waals surface area (Å²) in [5.74, 6) is -0.0524. The lowest BCUT2D eigenvalue weighted by Crippen LogP contribution is -2.40. The maximum absolute atomic E-state index is 12.6. The van der Waals surface area contributed by atoms with Crippen molar-refractivity contribution in [1.29, 1.82) is 0 Å². The lowest BCUT2D eigenvalue weighted by atomic mass is 10.3. The zero-order valence-corrected chi connectivity index (χ0v) is 12.7. The number of aromatic amines is 1. The Bertz CT molecular complexity index is 656. The molecule has 1 saturated heterocycles. The van der Waals surface area contributed by atoms with Crippen LogP contribution in [0.1, 0.15) is 23.8 Å². The summed E-state index contributed by atoms with van der Waals surface area (Å²) in [6.45, 7) is 5.20. The smallest absolute Gasteiger partial charge is 0.272 e. The molecule has 1 fully saturated rings. The Labute approximate surface area is 129 Å². The van der Waals surface area contributed by atoms with Gasteiger partial charge in [-0.3, -0.25) is 9.69 Å². The number of aliphatic hydroxyl groups excluding tert-OH is 1. The van der Waals surface area contributed by atoms with Crippen molar-refractivity contribution in [3.8, 4) is 0 Å². The molecule has 118 valence electrons. The highest BCUT2D eigenvalue weighted by atomic mass is 16.3. The van der Waals surface area contributed by atoms with E-state index < -0.39 is 0 Å². The minimum atomic E-state index is -0.0524. The van der Waals surface area contributed by atoms with Crippen molar-refractivity contribution in [2.24, 2.45) is 0 Å². The van der Waals surface area contributed by atoms with Crippen LogP contribution in [0.15, 0.2) is 18.5 Å². The Morgan fingerprint density at radius 1 is 1.36 bits per heavy atom. The first kappa shape index (κ1) is 14.9. The van der Waals surface area contributed by atoms with Gasteiger partial charge in [0.25, 0.3) is 5.91 Å². The average Bonchev–Trinajstić information content (AvgIpc) is 2.88. The van der Waals surface area contributed by atoms with Crippen molar-refractivity contribution in [2.45, 2.75) is 19.4 Å². The van der Waals surface area contributed by atoms with Gasteiger partial charge in [0.2, 0.25) is 0 Å². The second-order valence-corrected chi connectivity index (χ2v) is 5.68. The van der Waals surface area contributed by atoms with E-state index in [9.17, 15) is 9.90 Å². The molecule has 1 atom stereocenters. The predicted molar refractivity (Wildman–Crippen MR) is 82.5 cm³/mol. The molecule has 2 N–H and O–H groups in total. The molecule has 0 aliphatic carbocycles. The van der Waals surface area contributed by atoms with Crippen LogP contribution in [0.3, 0.4) is 0 Å². The second-order valence-electron chi connectivity index (χ2n) is 5.68. The van der Waals surface area contributed by atoms with Crippen molar-refractivity contribution in [3.05, 3.63) is 24.2 Å². The molecular formula is C15H21N5O2. The first-order valence-corrected chi connectivity index (χ1v) is 7.63. The number of hydrogen-bond acceptors (Lipinski definition) is 5. The molecule has 0 bridgehead atoms. The van der Waals surface area contributed by atoms with Crippen LogP contribution in [0.5, 0.6) is 0 Å². The monoisotopic (exact) mass is 303 g/mol. The SMILES string of the molecule is CC(CO)N1CCCN(C(=O)c2ccc3[nH]cnc3n2)CC1. The number of amides is 1. The van der Waals surface area contributed by atoms with Crippen LogP contribution >= 0.6 is 0 Å². The van der Waals surface area contributed by atoms with E-state index in [1.165, 1.54) is 0 Å². The number of rotatable bonds is 3. The Morgan fingerprint density at radius 3 is 3.05 bits per heavy atom. The Morgan fingerprint density at radius 2 is 2.23 bits per heavy atom. The normalized spacial score (nSPS) is 18.4. The first-order chi connectivity index (χ1) is 10.7. The van der Waals surface area contributed by atoms with E-state index in [1.807, 2.05) is 17.9 Å². The molecule has 3 heterocycles. The third-order valence-electron chi connectivity index (χ3n) is 4.21. The number of carbonyl (C=O) groups is 1. The molecule has 0 saturated carbocycles. The molecule has 2 aromatic heterocycles. The van der Waals surface area contributed by atoms with Crippen LogP contribution in [-0.2, 0) is 0 Å². The van der Waals surface area contributed by atoms with E-state index in [2.05, 4.69) is 19.9 Å². The molecule has 2 aromatic rings. The van der Waals surface area contributed by atoms with Crippen LogP contribution < -0.4 is 0 Å². The maximum Gasteiger partial charge on any atom is 0.272 e. The third-order valence-corrected chi connectivity index (χ3v) is 4.21. The molecule has 22 heavy (non-hydrogen) atoms. The number of hydrogen-bond donors (Lipinski definition) is 2. The van der Waals surface area contributed by atoms with Gasteiger partial charge in [0.05, 0.1) is 18.5 Å². The van der Waals surface area contributed by atoms with Crippen LogP contribution in [0.2, 0.25) is 0 Å². The fourth-order valence-corrected chi connectivity index (χ4v) is 2.80. The van der Waals surface area contributed by atoms with Gasteiger partial charge in [0.1, 0.15) is 5.69 Å². The van der Waals surface area contributed by atoms with E-state index in [1.54, 1.807) is 12.4 Å². The molecule has 7 heteroatoms. The minimum absolute atomic E-state index is 0.0524. The summed E-state index contributed by atoms with van der Waals surface area (Å²) in [4.78, 5) is 28.1. The number of aromatic nitrogens is 3. The molecule has 7 nitrogen and oxygen atoms in total. The molecule has 1 aliphatic rings. The van der Waals surface area contributed by atoms with Gasteiger partial charge in [0, 0.05) is 32.2 Å². The summed E-state index contributed by atoms with van der Waals surface area (Å²) < 4.78 is 0. The predicted octanol–water partition coefficient (Wildman–Crippen LogP) is 0.487. The molecule has 1 amide bonds. The third kappa shape index (κ3) is 2.95. The molecule has 1 aliphatic heterocycles. The van der Waals surface area contributed by atoms with Gasteiger partial charge in [-0.25, -0.2) is 9.97 Å². The largest absolute Gasteiger partial charge is 0.395 e. The van der Waals surface area contributed by atoms with Crippen LogP contribution in [0.4, 0.5) is 0 Å². The van der Waals surface area contributed by atoms with Crippen molar-refractivity contribution in [3.63, 3.8) is 0 Å². The summed E-state index contributed by atoms with van der Waals surface area (Å²) in [5, 5.41) is 9.27. The number of aliphatic hydroxyl groups is 1. The highest BCUT2D eigenvalue weighted by Crippen LogP contribution is 2.12. The van der Waals surface area contributed by atoms with E-state index >= 15 is 0 Å². The fraction of sp³-hybridized carbons (Fsp3) is 0.533. The molecular weight excluding hydrogens is 282 g/mol. The maximum atomic E-state index is 12.6. The summed E-state index contributed by atoms with van der Waals surface area (Å²) in [5.41, 5.74) is 1.83. The highest BCUT2D eigenvalue weighted by molar-refractivity contribution is 5.94. The summed E-state index contributed by atoms with van der Waals surface area (Å²) in [7, 11) is 0. The molecule has 0 spiro atoms.